The lowest BCUT2D eigenvalue weighted by Gasteiger charge is -2.56. The van der Waals surface area contributed by atoms with Gasteiger partial charge >= 0.3 is 0 Å². The van der Waals surface area contributed by atoms with Crippen molar-refractivity contribution in [3.8, 4) is 6.07 Å². The first-order valence-corrected chi connectivity index (χ1v) is 12.6. The summed E-state index contributed by atoms with van der Waals surface area (Å²) in [5, 5.41) is 13.7. The highest BCUT2D eigenvalue weighted by Gasteiger charge is 2.56. The fraction of sp³-hybridized carbons (Fsp3) is 0.846. The number of aromatic nitrogens is 2. The van der Waals surface area contributed by atoms with Crippen molar-refractivity contribution in [1.29, 1.82) is 5.26 Å². The van der Waals surface area contributed by atoms with Gasteiger partial charge in [0.05, 0.1) is 6.20 Å². The largest absolute Gasteiger partial charge is 0.255 e. The van der Waals surface area contributed by atoms with Gasteiger partial charge < -0.3 is 0 Å². The highest BCUT2D eigenvalue weighted by Crippen LogP contribution is 2.65. The number of hydrogen-bond donors (Lipinski definition) is 0. The molecule has 29 heavy (non-hydrogen) atoms. The molecule has 0 aromatic carbocycles. The molecule has 4 saturated carbocycles. The molecule has 1 aromatic heterocycles. The minimum absolute atomic E-state index is 0.536. The van der Waals surface area contributed by atoms with E-state index in [4.69, 9.17) is 0 Å². The van der Waals surface area contributed by atoms with E-state index in [0.717, 1.165) is 53.7 Å². The predicted molar refractivity (Wildman–Crippen MR) is 116 cm³/mol. The molecule has 4 aliphatic carbocycles. The van der Waals surface area contributed by atoms with Crippen molar-refractivity contribution >= 4 is 0 Å². The summed E-state index contributed by atoms with van der Waals surface area (Å²) in [6.07, 6.45) is 17.8. The molecule has 3 nitrogen and oxygen atoms in total. The van der Waals surface area contributed by atoms with Gasteiger partial charge in [-0.15, -0.1) is 0 Å². The summed E-state index contributed by atoms with van der Waals surface area (Å²) >= 11 is 0. The fourth-order valence-electron chi connectivity index (χ4n) is 8.79. The summed E-state index contributed by atoms with van der Waals surface area (Å²) in [7, 11) is 0. The summed E-state index contributed by atoms with van der Waals surface area (Å²) in [6.45, 7) is 5.96. The normalized spacial score (nSPS) is 43.8. The Bertz CT molecular complexity index is 760. The number of fused-ring (bicyclic) bond motifs is 5. The monoisotopic (exact) mass is 393 g/mol. The molecule has 158 valence electrons. The van der Waals surface area contributed by atoms with Gasteiger partial charge in [0.25, 0.3) is 0 Å². The second kappa shape index (κ2) is 7.75. The van der Waals surface area contributed by atoms with Gasteiger partial charge in [0.1, 0.15) is 11.8 Å². The molecular weight excluding hydrogens is 354 g/mol. The van der Waals surface area contributed by atoms with E-state index in [1.165, 1.54) is 64.2 Å². The van der Waals surface area contributed by atoms with Crippen molar-refractivity contribution in [2.75, 3.05) is 0 Å². The summed E-state index contributed by atoms with van der Waals surface area (Å²) in [6, 6.07) is 4.13. The van der Waals surface area contributed by atoms with Crippen LogP contribution in [0.15, 0.2) is 12.3 Å². The molecule has 1 aromatic rings. The smallest absolute Gasteiger partial charge is 0.138 e. The van der Waals surface area contributed by atoms with Crippen LogP contribution in [0.4, 0.5) is 0 Å². The Morgan fingerprint density at radius 3 is 2.79 bits per heavy atom. The quantitative estimate of drug-likeness (QED) is 0.590. The minimum atomic E-state index is 0.536. The maximum atomic E-state index is 9.28. The SMILES string of the molecule is CCC1CCC2C(CCC3C2CCC2(C)C(CCn4nccc4C#N)CCC32)C1. The average molecular weight is 394 g/mol. The van der Waals surface area contributed by atoms with E-state index in [2.05, 4.69) is 25.0 Å². The molecular formula is C26H39N3. The van der Waals surface area contributed by atoms with Crippen LogP contribution in [-0.4, -0.2) is 9.78 Å². The summed E-state index contributed by atoms with van der Waals surface area (Å²) in [5.41, 5.74) is 1.25. The second-order valence-corrected chi connectivity index (χ2v) is 11.2. The summed E-state index contributed by atoms with van der Waals surface area (Å²) in [5.74, 6) is 6.97. The Kier molecular flexibility index (Phi) is 5.25. The lowest BCUT2D eigenvalue weighted by molar-refractivity contribution is -0.0693. The van der Waals surface area contributed by atoms with E-state index in [-0.39, 0.29) is 0 Å². The maximum absolute atomic E-state index is 9.28. The van der Waals surface area contributed by atoms with E-state index in [1.807, 2.05) is 10.7 Å². The first-order chi connectivity index (χ1) is 14.1. The van der Waals surface area contributed by atoms with Crippen molar-refractivity contribution in [2.45, 2.75) is 91.0 Å². The Morgan fingerprint density at radius 2 is 1.97 bits per heavy atom. The van der Waals surface area contributed by atoms with Crippen LogP contribution < -0.4 is 0 Å². The molecule has 0 spiro atoms. The Labute approximate surface area is 177 Å². The lowest BCUT2D eigenvalue weighted by Crippen LogP contribution is -2.48. The van der Waals surface area contributed by atoms with Gasteiger partial charge in [-0.05, 0) is 111 Å². The molecule has 0 radical (unpaired) electrons. The highest BCUT2D eigenvalue weighted by atomic mass is 15.3. The third kappa shape index (κ3) is 3.26. The van der Waals surface area contributed by atoms with E-state index >= 15 is 0 Å². The number of rotatable bonds is 4. The molecule has 4 aliphatic rings. The van der Waals surface area contributed by atoms with E-state index in [9.17, 15) is 5.26 Å². The Hall–Kier alpha value is -1.30. The third-order valence-electron chi connectivity index (χ3n) is 10.4. The zero-order chi connectivity index (χ0) is 20.0. The molecule has 1 heterocycles. The van der Waals surface area contributed by atoms with Crippen molar-refractivity contribution in [1.82, 2.24) is 9.78 Å². The third-order valence-corrected chi connectivity index (χ3v) is 10.4. The van der Waals surface area contributed by atoms with Crippen molar-refractivity contribution in [3.05, 3.63) is 18.0 Å². The fourth-order valence-corrected chi connectivity index (χ4v) is 8.79. The molecule has 8 unspecified atom stereocenters. The van der Waals surface area contributed by atoms with Crippen LogP contribution >= 0.6 is 0 Å². The van der Waals surface area contributed by atoms with Gasteiger partial charge in [-0.25, -0.2) is 0 Å². The van der Waals surface area contributed by atoms with Gasteiger partial charge in [0.15, 0.2) is 0 Å². The highest BCUT2D eigenvalue weighted by molar-refractivity contribution is 5.18. The minimum Gasteiger partial charge on any atom is -0.255 e. The zero-order valence-electron chi connectivity index (χ0n) is 18.5. The predicted octanol–water partition coefficient (Wildman–Crippen LogP) is 6.44. The molecule has 5 rings (SSSR count). The molecule has 0 N–H and O–H groups in total. The van der Waals surface area contributed by atoms with Crippen LogP contribution in [0.2, 0.25) is 0 Å². The molecule has 8 atom stereocenters. The van der Waals surface area contributed by atoms with Crippen molar-refractivity contribution in [2.24, 2.45) is 46.8 Å². The first kappa shape index (κ1) is 19.7. The summed E-state index contributed by atoms with van der Waals surface area (Å²) in [4.78, 5) is 0. The van der Waals surface area contributed by atoms with Gasteiger partial charge in [-0.1, -0.05) is 26.7 Å². The van der Waals surface area contributed by atoms with Crippen LogP contribution in [0.1, 0.15) is 90.2 Å². The van der Waals surface area contributed by atoms with Gasteiger partial charge in [0, 0.05) is 6.54 Å². The second-order valence-electron chi connectivity index (χ2n) is 11.2. The molecule has 4 fully saturated rings. The van der Waals surface area contributed by atoms with Crippen LogP contribution in [0.5, 0.6) is 0 Å². The van der Waals surface area contributed by atoms with Gasteiger partial charge in [0.2, 0.25) is 0 Å². The maximum Gasteiger partial charge on any atom is 0.138 e. The zero-order valence-corrected chi connectivity index (χ0v) is 18.5. The Morgan fingerprint density at radius 1 is 1.10 bits per heavy atom. The average Bonchev–Trinajstić information content (AvgIpc) is 3.34. The van der Waals surface area contributed by atoms with Crippen LogP contribution in [0, 0.1) is 58.2 Å². The Balaban J connectivity index is 1.27. The molecule has 0 aliphatic heterocycles. The number of nitrogens with zero attached hydrogens (tertiary/aromatic N) is 3. The molecule has 3 heteroatoms. The topological polar surface area (TPSA) is 41.6 Å². The molecule has 0 saturated heterocycles. The van der Waals surface area contributed by atoms with E-state index in [1.54, 1.807) is 12.6 Å². The molecule has 0 bridgehead atoms. The van der Waals surface area contributed by atoms with Crippen molar-refractivity contribution < 1.29 is 0 Å². The van der Waals surface area contributed by atoms with E-state index in [0.29, 0.717) is 5.41 Å². The summed E-state index contributed by atoms with van der Waals surface area (Å²) < 4.78 is 1.93. The number of nitriles is 1. The van der Waals surface area contributed by atoms with Crippen molar-refractivity contribution in [3.63, 3.8) is 0 Å². The van der Waals surface area contributed by atoms with Crippen LogP contribution in [-0.2, 0) is 6.54 Å². The number of hydrogen-bond acceptors (Lipinski definition) is 2. The molecule has 0 amide bonds. The van der Waals surface area contributed by atoms with Gasteiger partial charge in [-0.2, -0.15) is 10.4 Å². The first-order valence-electron chi connectivity index (χ1n) is 12.6. The lowest BCUT2D eigenvalue weighted by atomic mass is 9.49. The van der Waals surface area contributed by atoms with Crippen LogP contribution in [0.25, 0.3) is 0 Å². The standard InChI is InChI=1S/C26H39N3/c1-3-18-4-7-22-19(16-18)5-8-24-23(22)10-13-26(2)20(6-9-25(24)26)12-15-29-21(17-27)11-14-28-29/h11,14,18-20,22-25H,3-10,12-13,15-16H2,1-2H3. The van der Waals surface area contributed by atoms with Crippen LogP contribution in [0.3, 0.4) is 0 Å². The van der Waals surface area contributed by atoms with Gasteiger partial charge in [-0.3, -0.25) is 4.68 Å². The number of aryl methyl sites for hydroxylation is 1. The van der Waals surface area contributed by atoms with E-state index < -0.39 is 0 Å².